The monoisotopic (exact) mass is 445 g/mol. The number of nitrogens with zero attached hydrogens (tertiary/aromatic N) is 2. The number of nitriles is 1. The predicted octanol–water partition coefficient (Wildman–Crippen LogP) is 4.85. The summed E-state index contributed by atoms with van der Waals surface area (Å²) in [5, 5.41) is 12.4. The van der Waals surface area contributed by atoms with Gasteiger partial charge >= 0.3 is 0 Å². The molecule has 0 aliphatic carbocycles. The van der Waals surface area contributed by atoms with Crippen molar-refractivity contribution in [2.45, 2.75) is 38.4 Å². The molecule has 164 valence electrons. The van der Waals surface area contributed by atoms with E-state index < -0.39 is 11.2 Å². The number of nitrogens with one attached hydrogen (secondary N) is 1. The Kier molecular flexibility index (Phi) is 7.55. The summed E-state index contributed by atoms with van der Waals surface area (Å²) in [6, 6.07) is 17.8. The van der Waals surface area contributed by atoms with E-state index >= 15 is 0 Å². The van der Waals surface area contributed by atoms with Crippen LogP contribution in [0.5, 0.6) is 0 Å². The van der Waals surface area contributed by atoms with Gasteiger partial charge in [-0.3, -0.25) is 14.5 Å². The van der Waals surface area contributed by atoms with Crippen molar-refractivity contribution in [1.29, 1.82) is 5.26 Å². The molecule has 0 aromatic heterocycles. The lowest BCUT2D eigenvalue weighted by Gasteiger charge is -2.19. The summed E-state index contributed by atoms with van der Waals surface area (Å²) in [5.41, 5.74) is 3.92. The number of carbonyl (C=O) groups is 2. The molecule has 1 aliphatic rings. The van der Waals surface area contributed by atoms with Crippen LogP contribution in [0.25, 0.3) is 0 Å². The molecule has 3 rings (SSSR count). The van der Waals surface area contributed by atoms with E-state index in [-0.39, 0.29) is 18.0 Å². The van der Waals surface area contributed by atoms with E-state index in [2.05, 4.69) is 25.7 Å². The average molecular weight is 446 g/mol. The van der Waals surface area contributed by atoms with Gasteiger partial charge in [0.2, 0.25) is 5.91 Å². The first-order chi connectivity index (χ1) is 15.3. The number of thioether (sulfide) groups is 1. The molecule has 2 aromatic rings. The molecule has 2 amide bonds. The number of aryl methyl sites for hydroxylation is 1. The third-order valence-corrected chi connectivity index (χ3v) is 6.53. The van der Waals surface area contributed by atoms with Gasteiger partial charge in [0.05, 0.1) is 5.25 Å². The Morgan fingerprint density at radius 1 is 1.22 bits per heavy atom. The van der Waals surface area contributed by atoms with Gasteiger partial charge in [-0.05, 0) is 42.5 Å². The van der Waals surface area contributed by atoms with Gasteiger partial charge in [0.25, 0.3) is 5.91 Å². The van der Waals surface area contributed by atoms with Gasteiger partial charge < -0.3 is 5.32 Å². The van der Waals surface area contributed by atoms with Gasteiger partial charge in [0, 0.05) is 12.2 Å². The highest BCUT2D eigenvalue weighted by Gasteiger charge is 2.40. The van der Waals surface area contributed by atoms with Crippen LogP contribution < -0.4 is 10.2 Å². The molecule has 6 heteroatoms. The van der Waals surface area contributed by atoms with Crippen molar-refractivity contribution in [3.05, 3.63) is 88.5 Å². The first kappa shape index (κ1) is 23.4. The summed E-state index contributed by atoms with van der Waals surface area (Å²) in [5.74, 6) is -0.286. The molecule has 0 saturated carbocycles. The van der Waals surface area contributed by atoms with Crippen molar-refractivity contribution in [3.63, 3.8) is 0 Å². The zero-order valence-corrected chi connectivity index (χ0v) is 19.4. The molecule has 0 bridgehead atoms. The quantitative estimate of drug-likeness (QED) is 0.376. The normalized spacial score (nSPS) is 17.3. The SMILES string of the molecule is C=CCNC(=O)/C(C#N)=C1\SC(Cc2ccc(C)cc2)C(=O)N1c1ccc(C(C)C)cc1. The van der Waals surface area contributed by atoms with Gasteiger partial charge in [0.1, 0.15) is 16.7 Å². The maximum absolute atomic E-state index is 13.5. The topological polar surface area (TPSA) is 73.2 Å². The zero-order chi connectivity index (χ0) is 23.3. The van der Waals surface area contributed by atoms with Crippen LogP contribution in [-0.2, 0) is 16.0 Å². The second-order valence-electron chi connectivity index (χ2n) is 8.01. The average Bonchev–Trinajstić information content (AvgIpc) is 3.10. The summed E-state index contributed by atoms with van der Waals surface area (Å²) in [6.07, 6.45) is 2.06. The summed E-state index contributed by atoms with van der Waals surface area (Å²) in [4.78, 5) is 27.6. The zero-order valence-electron chi connectivity index (χ0n) is 18.6. The molecule has 32 heavy (non-hydrogen) atoms. The number of benzene rings is 2. The van der Waals surface area contributed by atoms with Crippen LogP contribution in [0.4, 0.5) is 5.69 Å². The van der Waals surface area contributed by atoms with Gasteiger partial charge in [-0.25, -0.2) is 0 Å². The Morgan fingerprint density at radius 2 is 1.88 bits per heavy atom. The van der Waals surface area contributed by atoms with Crippen molar-refractivity contribution in [1.82, 2.24) is 5.32 Å². The molecule has 1 fully saturated rings. The van der Waals surface area contributed by atoms with Crippen LogP contribution in [0, 0.1) is 18.3 Å². The fraction of sp³-hybridized carbons (Fsp3) is 0.269. The minimum absolute atomic E-state index is 0.0652. The van der Waals surface area contributed by atoms with Crippen LogP contribution in [0.3, 0.4) is 0 Å². The van der Waals surface area contributed by atoms with Gasteiger partial charge in [-0.2, -0.15) is 5.26 Å². The third-order valence-electron chi connectivity index (χ3n) is 5.27. The first-order valence-electron chi connectivity index (χ1n) is 10.5. The highest BCUT2D eigenvalue weighted by atomic mass is 32.2. The number of hydrogen-bond donors (Lipinski definition) is 1. The minimum atomic E-state index is -0.512. The maximum atomic E-state index is 13.5. The smallest absolute Gasteiger partial charge is 0.264 e. The number of rotatable bonds is 7. The van der Waals surface area contributed by atoms with Crippen molar-refractivity contribution in [2.75, 3.05) is 11.4 Å². The molecular weight excluding hydrogens is 418 g/mol. The molecule has 1 N–H and O–H groups in total. The van der Waals surface area contributed by atoms with E-state index in [0.717, 1.165) is 16.7 Å². The molecule has 1 atom stereocenters. The van der Waals surface area contributed by atoms with Crippen molar-refractivity contribution in [3.8, 4) is 6.07 Å². The van der Waals surface area contributed by atoms with E-state index in [1.54, 1.807) is 6.08 Å². The van der Waals surface area contributed by atoms with E-state index in [9.17, 15) is 14.9 Å². The lowest BCUT2D eigenvalue weighted by molar-refractivity contribution is -0.117. The van der Waals surface area contributed by atoms with E-state index in [1.165, 1.54) is 16.7 Å². The van der Waals surface area contributed by atoms with E-state index in [1.807, 2.05) is 61.5 Å². The van der Waals surface area contributed by atoms with Crippen LogP contribution in [-0.4, -0.2) is 23.6 Å². The van der Waals surface area contributed by atoms with Crippen molar-refractivity contribution >= 4 is 29.3 Å². The molecule has 1 saturated heterocycles. The summed E-state index contributed by atoms with van der Waals surface area (Å²) in [7, 11) is 0. The first-order valence-corrected chi connectivity index (χ1v) is 11.4. The largest absolute Gasteiger partial charge is 0.348 e. The van der Waals surface area contributed by atoms with Crippen LogP contribution in [0.2, 0.25) is 0 Å². The molecule has 2 aromatic carbocycles. The molecular formula is C26H27N3O2S. The fourth-order valence-corrected chi connectivity index (χ4v) is 4.73. The second-order valence-corrected chi connectivity index (χ2v) is 9.20. The number of carbonyl (C=O) groups excluding carboxylic acids is 2. The lowest BCUT2D eigenvalue weighted by atomic mass is 10.0. The second kappa shape index (κ2) is 10.3. The third kappa shape index (κ3) is 5.12. The Hall–Kier alpha value is -3.30. The molecule has 1 unspecified atom stereocenters. The number of anilines is 1. The van der Waals surface area contributed by atoms with Crippen LogP contribution in [0.15, 0.2) is 71.8 Å². The summed E-state index contributed by atoms with van der Waals surface area (Å²) < 4.78 is 0. The van der Waals surface area contributed by atoms with Crippen molar-refractivity contribution in [2.24, 2.45) is 0 Å². The van der Waals surface area contributed by atoms with Gasteiger partial charge in [0.15, 0.2) is 0 Å². The van der Waals surface area contributed by atoms with E-state index in [4.69, 9.17) is 0 Å². The fourth-order valence-electron chi connectivity index (χ4n) is 3.42. The minimum Gasteiger partial charge on any atom is -0.348 e. The highest BCUT2D eigenvalue weighted by Crippen LogP contribution is 2.42. The summed E-state index contributed by atoms with van der Waals surface area (Å²) in [6.45, 7) is 10.1. The Bertz CT molecular complexity index is 1080. The highest BCUT2D eigenvalue weighted by molar-refractivity contribution is 8.05. The van der Waals surface area contributed by atoms with Crippen LogP contribution >= 0.6 is 11.8 Å². The summed E-state index contributed by atoms with van der Waals surface area (Å²) >= 11 is 1.27. The van der Waals surface area contributed by atoms with E-state index in [0.29, 0.717) is 23.1 Å². The Morgan fingerprint density at radius 3 is 2.44 bits per heavy atom. The Labute approximate surface area is 193 Å². The predicted molar refractivity (Wildman–Crippen MR) is 130 cm³/mol. The number of hydrogen-bond acceptors (Lipinski definition) is 4. The standard InChI is InChI=1S/C26H27N3O2S/c1-5-14-28-24(30)22(16-27)26-29(21-12-10-20(11-13-21)17(2)3)25(31)23(32-26)15-19-8-6-18(4)7-9-19/h5-13,17,23H,1,14-15H2,2-4H3,(H,28,30)/b26-22-. The Balaban J connectivity index is 2.02. The van der Waals surface area contributed by atoms with Crippen molar-refractivity contribution < 1.29 is 9.59 Å². The van der Waals surface area contributed by atoms with Crippen LogP contribution in [0.1, 0.15) is 36.5 Å². The number of amides is 2. The molecule has 0 spiro atoms. The van der Waals surface area contributed by atoms with Gasteiger partial charge in [-0.1, -0.05) is 73.6 Å². The molecule has 1 heterocycles. The molecule has 1 aliphatic heterocycles. The lowest BCUT2D eigenvalue weighted by Crippen LogP contribution is -2.32. The maximum Gasteiger partial charge on any atom is 0.264 e. The van der Waals surface area contributed by atoms with Gasteiger partial charge in [-0.15, -0.1) is 6.58 Å². The molecule has 5 nitrogen and oxygen atoms in total. The molecule has 0 radical (unpaired) electrons.